The number of carbonyl (C=O) groups excluding carboxylic acids is 1. The average molecular weight is 349 g/mol. The van der Waals surface area contributed by atoms with Gasteiger partial charge in [-0.05, 0) is 35.5 Å². The van der Waals surface area contributed by atoms with Crippen LogP contribution in [0.2, 0.25) is 5.02 Å². The second-order valence-corrected chi connectivity index (χ2v) is 6.31. The molecule has 1 aliphatic carbocycles. The Morgan fingerprint density at radius 3 is 2.58 bits per heavy atom. The number of aromatic nitrogens is 2. The third-order valence-electron chi connectivity index (χ3n) is 4.12. The molecule has 1 heterocycles. The average Bonchev–Trinajstić information content (AvgIpc) is 3.17. The fourth-order valence-electron chi connectivity index (χ4n) is 2.88. The van der Waals surface area contributed by atoms with Gasteiger partial charge in [-0.1, -0.05) is 36.6 Å². The van der Waals surface area contributed by atoms with Gasteiger partial charge in [0, 0.05) is 11.6 Å². The van der Waals surface area contributed by atoms with Crippen LogP contribution in [-0.2, 0) is 6.54 Å². The van der Waals surface area contributed by atoms with E-state index < -0.39 is 4.92 Å². The predicted octanol–water partition coefficient (Wildman–Crippen LogP) is 3.17. The van der Waals surface area contributed by atoms with Crippen molar-refractivity contribution in [3.63, 3.8) is 0 Å². The first-order valence-electron chi connectivity index (χ1n) is 7.80. The highest BCUT2D eigenvalue weighted by Crippen LogP contribution is 2.22. The smallest absolute Gasteiger partial charge is 0.358 e. The lowest BCUT2D eigenvalue weighted by molar-refractivity contribution is -0.389. The molecule has 1 aromatic heterocycles. The van der Waals surface area contributed by atoms with Gasteiger partial charge in [-0.25, -0.2) is 0 Å². The molecule has 1 N–H and O–H groups in total. The summed E-state index contributed by atoms with van der Waals surface area (Å²) in [6, 6.07) is 7.40. The first-order chi connectivity index (χ1) is 11.5. The lowest BCUT2D eigenvalue weighted by Crippen LogP contribution is -2.32. The Kier molecular flexibility index (Phi) is 4.80. The summed E-state index contributed by atoms with van der Waals surface area (Å²) in [6.45, 7) is 0.345. The van der Waals surface area contributed by atoms with Crippen LogP contribution < -0.4 is 5.32 Å². The molecule has 1 fully saturated rings. The summed E-state index contributed by atoms with van der Waals surface area (Å²) in [6.07, 6.45) is 5.84. The van der Waals surface area contributed by atoms with E-state index in [2.05, 4.69) is 10.4 Å². The van der Waals surface area contributed by atoms with E-state index in [1.54, 1.807) is 12.1 Å². The monoisotopic (exact) mass is 348 g/mol. The zero-order valence-electron chi connectivity index (χ0n) is 12.9. The minimum absolute atomic E-state index is 0.00700. The lowest BCUT2D eigenvalue weighted by Gasteiger charge is -2.12. The molecule has 7 nitrogen and oxygen atoms in total. The van der Waals surface area contributed by atoms with Gasteiger partial charge < -0.3 is 15.4 Å². The number of hydrogen-bond donors (Lipinski definition) is 1. The number of rotatable bonds is 5. The first kappa shape index (κ1) is 16.4. The summed E-state index contributed by atoms with van der Waals surface area (Å²) >= 11 is 5.78. The highest BCUT2D eigenvalue weighted by Gasteiger charge is 2.20. The number of nitrogens with one attached hydrogen (secondary N) is 1. The standard InChI is InChI=1S/C16H17ClN4O3/c17-14-10-20(19-15(14)21(23)24)9-11-5-7-12(8-6-11)16(22)18-13-3-1-2-4-13/h5-8,10,13H,1-4,9H2,(H,18,22). The Hall–Kier alpha value is -2.41. The van der Waals surface area contributed by atoms with Crippen LogP contribution >= 0.6 is 11.6 Å². The molecule has 8 heteroatoms. The molecule has 1 aromatic carbocycles. The maximum absolute atomic E-state index is 12.2. The van der Waals surface area contributed by atoms with Crippen LogP contribution in [0.5, 0.6) is 0 Å². The van der Waals surface area contributed by atoms with Gasteiger partial charge in [0.1, 0.15) is 0 Å². The summed E-state index contributed by atoms with van der Waals surface area (Å²) in [5, 5.41) is 17.6. The van der Waals surface area contributed by atoms with Crippen molar-refractivity contribution in [2.75, 3.05) is 0 Å². The molecule has 1 saturated carbocycles. The molecule has 3 rings (SSSR count). The zero-order chi connectivity index (χ0) is 17.1. The van der Waals surface area contributed by atoms with E-state index in [1.165, 1.54) is 23.7 Å². The molecule has 0 saturated heterocycles. The van der Waals surface area contributed by atoms with Crippen molar-refractivity contribution in [2.24, 2.45) is 0 Å². The number of carbonyl (C=O) groups is 1. The van der Waals surface area contributed by atoms with Gasteiger partial charge in [0.25, 0.3) is 5.91 Å². The molecule has 0 atom stereocenters. The predicted molar refractivity (Wildman–Crippen MR) is 89.2 cm³/mol. The van der Waals surface area contributed by atoms with E-state index in [0.717, 1.165) is 18.4 Å². The number of amides is 1. The van der Waals surface area contributed by atoms with E-state index in [1.807, 2.05) is 12.1 Å². The number of nitro groups is 1. The first-order valence-corrected chi connectivity index (χ1v) is 8.18. The zero-order valence-corrected chi connectivity index (χ0v) is 13.7. The third kappa shape index (κ3) is 3.73. The quantitative estimate of drug-likeness (QED) is 0.663. The molecule has 24 heavy (non-hydrogen) atoms. The topological polar surface area (TPSA) is 90.1 Å². The van der Waals surface area contributed by atoms with E-state index in [-0.39, 0.29) is 22.8 Å². The summed E-state index contributed by atoms with van der Waals surface area (Å²) in [5.74, 6) is -0.421. The Morgan fingerprint density at radius 2 is 2.00 bits per heavy atom. The van der Waals surface area contributed by atoms with E-state index in [4.69, 9.17) is 11.6 Å². The van der Waals surface area contributed by atoms with Gasteiger partial charge in [-0.2, -0.15) is 4.68 Å². The molecule has 126 valence electrons. The second kappa shape index (κ2) is 7.00. The van der Waals surface area contributed by atoms with Crippen molar-refractivity contribution in [1.82, 2.24) is 15.1 Å². The molecule has 0 aliphatic heterocycles. The van der Waals surface area contributed by atoms with Gasteiger partial charge in [-0.15, -0.1) is 0 Å². The van der Waals surface area contributed by atoms with Crippen molar-refractivity contribution < 1.29 is 9.72 Å². The summed E-state index contributed by atoms with van der Waals surface area (Å²) in [7, 11) is 0. The molecule has 1 aliphatic rings. The fraction of sp³-hybridized carbons (Fsp3) is 0.375. The molecular weight excluding hydrogens is 332 g/mol. The van der Waals surface area contributed by atoms with Crippen molar-refractivity contribution in [1.29, 1.82) is 0 Å². The van der Waals surface area contributed by atoms with Crippen LogP contribution in [0.4, 0.5) is 5.82 Å². The summed E-state index contributed by atoms with van der Waals surface area (Å²) in [4.78, 5) is 22.3. The number of nitrogens with zero attached hydrogens (tertiary/aromatic N) is 3. The van der Waals surface area contributed by atoms with Gasteiger partial charge in [0.2, 0.25) is 0 Å². The number of halogens is 1. The van der Waals surface area contributed by atoms with E-state index in [9.17, 15) is 14.9 Å². The van der Waals surface area contributed by atoms with Crippen LogP contribution in [0, 0.1) is 10.1 Å². The van der Waals surface area contributed by atoms with E-state index >= 15 is 0 Å². The molecule has 0 unspecified atom stereocenters. The van der Waals surface area contributed by atoms with Crippen LogP contribution in [0.15, 0.2) is 30.5 Å². The molecule has 2 aromatic rings. The Balaban J connectivity index is 1.64. The van der Waals surface area contributed by atoms with Gasteiger partial charge in [0.15, 0.2) is 5.02 Å². The van der Waals surface area contributed by atoms with Crippen LogP contribution in [0.3, 0.4) is 0 Å². The molecule has 1 amide bonds. The summed E-state index contributed by atoms with van der Waals surface area (Å²) < 4.78 is 1.41. The molecule has 0 spiro atoms. The molecule has 0 bridgehead atoms. The van der Waals surface area contributed by atoms with Crippen molar-refractivity contribution in [2.45, 2.75) is 38.3 Å². The highest BCUT2D eigenvalue weighted by atomic mass is 35.5. The lowest BCUT2D eigenvalue weighted by atomic mass is 10.1. The second-order valence-electron chi connectivity index (χ2n) is 5.91. The maximum atomic E-state index is 12.2. The SMILES string of the molecule is O=C(NC1CCCC1)c1ccc(Cn2cc(Cl)c([N+](=O)[O-])n2)cc1. The van der Waals surface area contributed by atoms with Crippen LogP contribution in [0.1, 0.15) is 41.6 Å². The van der Waals surface area contributed by atoms with Crippen LogP contribution in [0.25, 0.3) is 0 Å². The van der Waals surface area contributed by atoms with Crippen molar-refractivity contribution in [3.8, 4) is 0 Å². The minimum Gasteiger partial charge on any atom is -0.358 e. The summed E-state index contributed by atoms with van der Waals surface area (Å²) in [5.41, 5.74) is 1.48. The van der Waals surface area contributed by atoms with Gasteiger partial charge in [-0.3, -0.25) is 4.79 Å². The number of hydrogen-bond acceptors (Lipinski definition) is 4. The van der Waals surface area contributed by atoms with Crippen molar-refractivity contribution >= 4 is 23.3 Å². The largest absolute Gasteiger partial charge is 0.408 e. The van der Waals surface area contributed by atoms with Crippen molar-refractivity contribution in [3.05, 3.63) is 56.7 Å². The number of benzene rings is 1. The van der Waals surface area contributed by atoms with Crippen LogP contribution in [-0.4, -0.2) is 26.7 Å². The minimum atomic E-state index is -0.616. The Labute approximate surface area is 143 Å². The van der Waals surface area contributed by atoms with Gasteiger partial charge >= 0.3 is 5.82 Å². The fourth-order valence-corrected chi connectivity index (χ4v) is 3.10. The van der Waals surface area contributed by atoms with E-state index in [0.29, 0.717) is 12.1 Å². The Morgan fingerprint density at radius 1 is 1.33 bits per heavy atom. The highest BCUT2D eigenvalue weighted by molar-refractivity contribution is 6.32. The third-order valence-corrected chi connectivity index (χ3v) is 4.39. The Bertz CT molecular complexity index is 751. The molecular formula is C16H17ClN4O3. The molecule has 0 radical (unpaired) electrons. The normalized spacial score (nSPS) is 14.7. The van der Waals surface area contributed by atoms with Gasteiger partial charge in [0.05, 0.1) is 17.8 Å². The maximum Gasteiger partial charge on any atom is 0.408 e.